The van der Waals surface area contributed by atoms with Crippen LogP contribution in [0.4, 0.5) is 10.5 Å². The fraction of sp³-hybridized carbons (Fsp3) is 0.629. The highest BCUT2D eigenvalue weighted by molar-refractivity contribution is 6.07. The van der Waals surface area contributed by atoms with Crippen LogP contribution in [0.1, 0.15) is 70.6 Å². The number of hydrogen-bond acceptors (Lipinski definition) is 10. The summed E-state index contributed by atoms with van der Waals surface area (Å²) in [5.41, 5.74) is 0.115. The molecule has 1 saturated carbocycles. The normalized spacial score (nSPS) is 29.0. The Morgan fingerprint density at radius 2 is 1.98 bits per heavy atom. The molecule has 1 aromatic carbocycles. The molecule has 268 valence electrons. The molecule has 50 heavy (non-hydrogen) atoms. The van der Waals surface area contributed by atoms with Gasteiger partial charge < -0.3 is 25.2 Å². The van der Waals surface area contributed by atoms with Crippen molar-refractivity contribution in [2.75, 3.05) is 25.5 Å². The number of aryl methyl sites for hydroxylation is 1. The average molecular weight is 691 g/mol. The lowest BCUT2D eigenvalue weighted by Crippen LogP contribution is -2.60. The number of hydrogen-bond donors (Lipinski definition) is 3. The number of nitrogens with zero attached hydrogens (tertiary/aromatic N) is 6. The van der Waals surface area contributed by atoms with Gasteiger partial charge in [0, 0.05) is 18.8 Å². The summed E-state index contributed by atoms with van der Waals surface area (Å²) in [6, 6.07) is 6.23. The van der Waals surface area contributed by atoms with E-state index in [1.807, 2.05) is 24.3 Å². The van der Waals surface area contributed by atoms with Crippen LogP contribution < -0.4 is 10.6 Å². The van der Waals surface area contributed by atoms with Crippen molar-refractivity contribution in [2.24, 2.45) is 17.8 Å². The van der Waals surface area contributed by atoms with Crippen molar-refractivity contribution >= 4 is 29.6 Å². The van der Waals surface area contributed by atoms with E-state index in [-0.39, 0.29) is 43.2 Å². The molecule has 4 heterocycles. The first kappa shape index (κ1) is 35.1. The molecule has 4 aliphatic rings. The van der Waals surface area contributed by atoms with E-state index in [1.54, 1.807) is 36.7 Å². The summed E-state index contributed by atoms with van der Waals surface area (Å²) in [5.74, 6) is -2.01. The molecule has 0 spiro atoms. The number of carbonyl (C=O) groups is 4. The first-order chi connectivity index (χ1) is 23.9. The van der Waals surface area contributed by atoms with Crippen molar-refractivity contribution in [2.45, 2.75) is 102 Å². The maximum atomic E-state index is 14.2. The van der Waals surface area contributed by atoms with Crippen molar-refractivity contribution in [3.8, 4) is 0 Å². The largest absolute Gasteiger partial charge is 0.469 e. The van der Waals surface area contributed by atoms with Crippen molar-refractivity contribution in [3.63, 3.8) is 0 Å². The third-order valence-electron chi connectivity index (χ3n) is 10.8. The smallest absolute Gasteiger partial charge is 0.410 e. The number of likely N-dealkylation sites (tertiary alicyclic amines) is 1. The fourth-order valence-corrected chi connectivity index (χ4v) is 8.48. The monoisotopic (exact) mass is 690 g/mol. The number of aromatic nitrogens is 3. The van der Waals surface area contributed by atoms with Gasteiger partial charge in [0.05, 0.1) is 38.4 Å². The topological polar surface area (TPSA) is 173 Å². The van der Waals surface area contributed by atoms with Gasteiger partial charge in [-0.05, 0) is 82.8 Å². The van der Waals surface area contributed by atoms with Gasteiger partial charge in [-0.25, -0.2) is 4.79 Å². The number of methoxy groups -OCH3 is 1. The van der Waals surface area contributed by atoms with Crippen molar-refractivity contribution in [3.05, 3.63) is 53.2 Å². The maximum absolute atomic E-state index is 14.2. The molecule has 6 rings (SSSR count). The fourth-order valence-electron chi connectivity index (χ4n) is 8.48. The molecular formula is C35H46N8O7. The Morgan fingerprint density at radius 1 is 1.20 bits per heavy atom. The highest BCUT2D eigenvalue weighted by atomic mass is 16.6. The Labute approximate surface area is 291 Å². The Balaban J connectivity index is 1.20. The highest BCUT2D eigenvalue weighted by Crippen LogP contribution is 2.52. The molecule has 2 aromatic rings. The predicted molar refractivity (Wildman–Crippen MR) is 179 cm³/mol. The van der Waals surface area contributed by atoms with E-state index in [1.165, 1.54) is 12.0 Å². The Kier molecular flexibility index (Phi) is 9.76. The number of carbonyl (C=O) groups excluding carboxylic acids is 4. The zero-order valence-corrected chi connectivity index (χ0v) is 29.0. The first-order valence-electron chi connectivity index (χ1n) is 17.3. The summed E-state index contributed by atoms with van der Waals surface area (Å²) < 4.78 is 12.2. The molecule has 2 saturated heterocycles. The van der Waals surface area contributed by atoms with Gasteiger partial charge in [-0.2, -0.15) is 11.5 Å². The predicted octanol–water partition coefficient (Wildman–Crippen LogP) is 2.66. The molecular weight excluding hydrogens is 644 g/mol. The second-order valence-electron chi connectivity index (χ2n) is 14.8. The van der Waals surface area contributed by atoms with Crippen LogP contribution in [0.2, 0.25) is 0 Å². The third-order valence-corrected chi connectivity index (χ3v) is 10.8. The molecule has 0 radical (unpaired) electrons. The standard InChI is InChI=1S/C35H46N8O7/c1-34(2,3)50-33(48)42-15-8-11-26(42)30(45)37-18-22-20-41(40-39-22)16-14-35(24-9-6-7-10-25(24)38-32(35)47)28-17-23-21(19-43(28)36-4)12-13-27(44)29(23)31(46)49-5/h6-7,9-10,20-21,23,26-29,44H,8,11-19H2,1-3,5H3,(H,37,45)(H,38,47)/t21-,23-,26-,27-,28-,29+,35-/m0/s1. The van der Waals surface area contributed by atoms with E-state index in [9.17, 15) is 24.3 Å². The Hall–Kier alpha value is -4.71. The molecule has 0 bridgehead atoms. The van der Waals surface area contributed by atoms with E-state index >= 15 is 0 Å². The Bertz CT molecular complexity index is 1670. The van der Waals surface area contributed by atoms with Crippen LogP contribution in [0.5, 0.6) is 0 Å². The number of fused-ring (bicyclic) bond motifs is 2. The van der Waals surface area contributed by atoms with Gasteiger partial charge in [0.2, 0.25) is 11.8 Å². The molecule has 3 fully saturated rings. The van der Waals surface area contributed by atoms with Crippen LogP contribution in [-0.2, 0) is 42.4 Å². The van der Waals surface area contributed by atoms with Gasteiger partial charge in [0.25, 0.3) is 0 Å². The molecule has 3 aliphatic heterocycles. The maximum Gasteiger partial charge on any atom is 0.410 e. The summed E-state index contributed by atoms with van der Waals surface area (Å²) in [4.78, 5) is 58.3. The van der Waals surface area contributed by atoms with Crippen molar-refractivity contribution in [1.82, 2.24) is 30.2 Å². The summed E-state index contributed by atoms with van der Waals surface area (Å²) in [6.07, 6.45) is 3.32. The first-order valence-corrected chi connectivity index (χ1v) is 17.3. The van der Waals surface area contributed by atoms with E-state index in [0.29, 0.717) is 56.6 Å². The summed E-state index contributed by atoms with van der Waals surface area (Å²) in [6.45, 7) is 14.7. The number of rotatable bonds is 8. The van der Waals surface area contributed by atoms with E-state index in [4.69, 9.17) is 16.0 Å². The SMILES string of the molecule is [C-]#[N+]N1C[C@@H]2CC[C@H](O)[C@H](C(=O)OC)[C@H]2C[C@H]1[C@@]1(CCn2cc(CNC(=O)[C@@H]3CCCN3C(=O)OC(C)(C)C)nn2)C(=O)Nc2ccccc21. The summed E-state index contributed by atoms with van der Waals surface area (Å²) >= 11 is 0. The zero-order valence-electron chi connectivity index (χ0n) is 29.0. The van der Waals surface area contributed by atoms with E-state index in [2.05, 4.69) is 25.9 Å². The second-order valence-corrected chi connectivity index (χ2v) is 14.8. The molecule has 1 aromatic heterocycles. The molecule has 3 N–H and O–H groups in total. The lowest BCUT2D eigenvalue weighted by Gasteiger charge is -2.49. The van der Waals surface area contributed by atoms with Crippen molar-refractivity contribution < 1.29 is 33.8 Å². The molecule has 1 aliphatic carbocycles. The lowest BCUT2D eigenvalue weighted by atomic mass is 9.60. The summed E-state index contributed by atoms with van der Waals surface area (Å²) in [7, 11) is 1.32. The van der Waals surface area contributed by atoms with Crippen LogP contribution in [0.15, 0.2) is 30.5 Å². The van der Waals surface area contributed by atoms with E-state index < -0.39 is 47.2 Å². The molecule has 0 unspecified atom stereocenters. The number of aliphatic hydroxyl groups excluding tert-OH is 1. The number of benzene rings is 1. The quantitative estimate of drug-likeness (QED) is 0.276. The Morgan fingerprint density at radius 3 is 2.72 bits per heavy atom. The number of aliphatic hydroxyl groups is 1. The minimum absolute atomic E-state index is 0.00172. The van der Waals surface area contributed by atoms with Crippen molar-refractivity contribution in [1.29, 1.82) is 0 Å². The van der Waals surface area contributed by atoms with E-state index in [0.717, 1.165) is 5.56 Å². The minimum atomic E-state index is -1.16. The average Bonchev–Trinajstić information content (AvgIpc) is 3.83. The highest BCUT2D eigenvalue weighted by Gasteiger charge is 2.60. The van der Waals surface area contributed by atoms with Gasteiger partial charge in [-0.1, -0.05) is 23.4 Å². The number of para-hydroxylation sites is 1. The van der Waals surface area contributed by atoms with Gasteiger partial charge in [-0.3, -0.25) is 24.0 Å². The number of esters is 1. The third kappa shape index (κ3) is 6.60. The van der Waals surface area contributed by atoms with Gasteiger partial charge in [-0.15, -0.1) is 10.1 Å². The summed E-state index contributed by atoms with van der Waals surface area (Å²) in [5, 5.41) is 27.0. The number of ether oxygens (including phenoxy) is 2. The number of nitrogens with one attached hydrogen (secondary N) is 2. The van der Waals surface area contributed by atoms with Gasteiger partial charge in [0.15, 0.2) is 0 Å². The van der Waals surface area contributed by atoms with Crippen LogP contribution in [0, 0.1) is 24.3 Å². The van der Waals surface area contributed by atoms with Crippen LogP contribution >= 0.6 is 0 Å². The van der Waals surface area contributed by atoms with Gasteiger partial charge in [0.1, 0.15) is 28.8 Å². The number of anilines is 1. The molecule has 15 heteroatoms. The van der Waals surface area contributed by atoms with Crippen LogP contribution in [0.3, 0.4) is 0 Å². The van der Waals surface area contributed by atoms with Gasteiger partial charge >= 0.3 is 12.1 Å². The molecule has 7 atom stereocenters. The van der Waals surface area contributed by atoms with Crippen LogP contribution in [0.25, 0.3) is 4.95 Å². The second kappa shape index (κ2) is 13.9. The van der Waals surface area contributed by atoms with Crippen LogP contribution in [-0.4, -0.2) is 97.9 Å². The number of amides is 3. The lowest BCUT2D eigenvalue weighted by molar-refractivity contribution is -0.160. The zero-order chi connectivity index (χ0) is 35.8. The molecule has 15 nitrogen and oxygen atoms in total. The molecule has 3 amide bonds. The minimum Gasteiger partial charge on any atom is -0.469 e. The number of piperidine rings is 1.